The van der Waals surface area contributed by atoms with Crippen molar-refractivity contribution in [1.82, 2.24) is 15.3 Å². The van der Waals surface area contributed by atoms with Gasteiger partial charge in [-0.05, 0) is 43.5 Å². The Hall–Kier alpha value is -2.47. The summed E-state index contributed by atoms with van der Waals surface area (Å²) in [6.07, 6.45) is 10.2. The molecule has 0 aliphatic heterocycles. The van der Waals surface area contributed by atoms with Crippen LogP contribution in [0.4, 0.5) is 5.82 Å². The molecule has 2 N–H and O–H groups in total. The molecule has 1 aliphatic carbocycles. The molecule has 0 spiro atoms. The molecule has 5 nitrogen and oxygen atoms in total. The van der Waals surface area contributed by atoms with Crippen LogP contribution < -0.4 is 10.6 Å². The smallest absolute Gasteiger partial charge is 0.251 e. The van der Waals surface area contributed by atoms with E-state index in [1.807, 2.05) is 24.3 Å². The maximum absolute atomic E-state index is 12.6. The number of thiophene rings is 1. The second-order valence-corrected chi connectivity index (χ2v) is 9.10. The minimum atomic E-state index is 0.0429. The first kappa shape index (κ1) is 19.8. The zero-order valence-electron chi connectivity index (χ0n) is 16.9. The van der Waals surface area contributed by atoms with Crippen LogP contribution in [0.15, 0.2) is 36.7 Å². The van der Waals surface area contributed by atoms with Gasteiger partial charge in [-0.25, -0.2) is 9.97 Å². The van der Waals surface area contributed by atoms with Gasteiger partial charge in [0.1, 0.15) is 17.0 Å². The molecule has 1 aliphatic rings. The molecule has 29 heavy (non-hydrogen) atoms. The molecule has 0 radical (unpaired) electrons. The van der Waals surface area contributed by atoms with Gasteiger partial charge in [-0.1, -0.05) is 44.2 Å². The molecule has 1 aromatic carbocycles. The fourth-order valence-corrected chi connectivity index (χ4v) is 4.79. The van der Waals surface area contributed by atoms with Crippen molar-refractivity contribution >= 4 is 33.3 Å². The highest BCUT2D eigenvalue weighted by atomic mass is 32.1. The Morgan fingerprint density at radius 3 is 2.55 bits per heavy atom. The van der Waals surface area contributed by atoms with E-state index in [1.54, 1.807) is 17.7 Å². The van der Waals surface area contributed by atoms with Crippen LogP contribution in [0, 0.1) is 6.92 Å². The lowest BCUT2D eigenvalue weighted by molar-refractivity contribution is 0.0930. The van der Waals surface area contributed by atoms with Crippen molar-refractivity contribution in [3.05, 3.63) is 52.7 Å². The molecule has 3 aromatic rings. The standard InChI is InChI=1S/C23H28N4OS/c1-16-13-20-21(25-15-26-23(20)29-16)24-14-17-9-11-18(12-10-17)22(28)27-19-7-5-3-2-4-6-8-19/h9-13,15,19H,2-8,14H2,1H3,(H,27,28)(H,24,25,26). The molecule has 1 fully saturated rings. The van der Waals surface area contributed by atoms with E-state index in [0.717, 1.165) is 40.0 Å². The summed E-state index contributed by atoms with van der Waals surface area (Å²) in [6.45, 7) is 2.74. The van der Waals surface area contributed by atoms with Gasteiger partial charge >= 0.3 is 0 Å². The maximum Gasteiger partial charge on any atom is 0.251 e. The summed E-state index contributed by atoms with van der Waals surface area (Å²) >= 11 is 1.67. The van der Waals surface area contributed by atoms with Crippen LogP contribution in [-0.2, 0) is 6.54 Å². The first-order valence-corrected chi connectivity index (χ1v) is 11.4. The van der Waals surface area contributed by atoms with Crippen molar-refractivity contribution < 1.29 is 4.79 Å². The molecule has 152 valence electrons. The number of nitrogens with zero attached hydrogens (tertiary/aromatic N) is 2. The fourth-order valence-electron chi connectivity index (χ4n) is 3.95. The van der Waals surface area contributed by atoms with Gasteiger partial charge in [-0.15, -0.1) is 11.3 Å². The minimum Gasteiger partial charge on any atom is -0.365 e. The Kier molecular flexibility index (Phi) is 6.39. The molecular weight excluding hydrogens is 380 g/mol. The summed E-state index contributed by atoms with van der Waals surface area (Å²) in [7, 11) is 0. The third-order valence-electron chi connectivity index (χ3n) is 5.57. The SMILES string of the molecule is Cc1cc2c(NCc3ccc(C(=O)NC4CCCCCCC4)cc3)ncnc2s1. The van der Waals surface area contributed by atoms with Crippen molar-refractivity contribution in [2.45, 2.75) is 64.5 Å². The number of carbonyl (C=O) groups excluding carboxylic acids is 1. The van der Waals surface area contributed by atoms with Crippen molar-refractivity contribution in [2.75, 3.05) is 5.32 Å². The maximum atomic E-state index is 12.6. The topological polar surface area (TPSA) is 66.9 Å². The van der Waals surface area contributed by atoms with Crippen LogP contribution >= 0.6 is 11.3 Å². The van der Waals surface area contributed by atoms with E-state index < -0.39 is 0 Å². The van der Waals surface area contributed by atoms with Crippen molar-refractivity contribution in [3.8, 4) is 0 Å². The highest BCUT2D eigenvalue weighted by Gasteiger charge is 2.15. The van der Waals surface area contributed by atoms with Crippen LogP contribution in [0.5, 0.6) is 0 Å². The normalized spacial score (nSPS) is 15.6. The predicted molar refractivity (Wildman–Crippen MR) is 119 cm³/mol. The first-order chi connectivity index (χ1) is 14.2. The van der Waals surface area contributed by atoms with E-state index in [9.17, 15) is 4.79 Å². The summed E-state index contributed by atoms with van der Waals surface area (Å²) in [5.41, 5.74) is 1.85. The van der Waals surface area contributed by atoms with Crippen molar-refractivity contribution in [2.24, 2.45) is 0 Å². The average Bonchev–Trinajstić information content (AvgIpc) is 3.09. The number of benzene rings is 1. The van der Waals surface area contributed by atoms with Crippen molar-refractivity contribution in [3.63, 3.8) is 0 Å². The van der Waals surface area contributed by atoms with Crippen LogP contribution in [0.3, 0.4) is 0 Å². The Bertz CT molecular complexity index is 959. The van der Waals surface area contributed by atoms with E-state index in [-0.39, 0.29) is 5.91 Å². The van der Waals surface area contributed by atoms with Gasteiger partial charge in [-0.3, -0.25) is 4.79 Å². The van der Waals surface area contributed by atoms with Gasteiger partial charge in [0.2, 0.25) is 0 Å². The summed E-state index contributed by atoms with van der Waals surface area (Å²) in [4.78, 5) is 23.5. The van der Waals surface area contributed by atoms with E-state index >= 15 is 0 Å². The highest BCUT2D eigenvalue weighted by Crippen LogP contribution is 2.27. The molecule has 0 saturated heterocycles. The average molecular weight is 409 g/mol. The quantitative estimate of drug-likeness (QED) is 0.589. The third kappa shape index (κ3) is 5.12. The summed E-state index contributed by atoms with van der Waals surface area (Å²) < 4.78 is 0. The summed E-state index contributed by atoms with van der Waals surface area (Å²) in [5, 5.41) is 7.69. The molecule has 0 bridgehead atoms. The van der Waals surface area contributed by atoms with E-state index in [4.69, 9.17) is 0 Å². The molecule has 4 rings (SSSR count). The highest BCUT2D eigenvalue weighted by molar-refractivity contribution is 7.18. The number of anilines is 1. The molecule has 6 heteroatoms. The number of nitrogens with one attached hydrogen (secondary N) is 2. The van der Waals surface area contributed by atoms with Crippen molar-refractivity contribution in [1.29, 1.82) is 0 Å². The zero-order chi connectivity index (χ0) is 20.1. The number of aromatic nitrogens is 2. The largest absolute Gasteiger partial charge is 0.365 e. The Morgan fingerprint density at radius 1 is 1.07 bits per heavy atom. The van der Waals surface area contributed by atoms with Gasteiger partial charge in [0.05, 0.1) is 5.39 Å². The first-order valence-electron chi connectivity index (χ1n) is 10.5. The molecular formula is C23H28N4OS. The third-order valence-corrected chi connectivity index (χ3v) is 6.53. The van der Waals surface area contributed by atoms with Gasteiger partial charge in [0.15, 0.2) is 0 Å². The lowest BCUT2D eigenvalue weighted by atomic mass is 9.96. The second-order valence-electron chi connectivity index (χ2n) is 7.86. The monoisotopic (exact) mass is 408 g/mol. The Morgan fingerprint density at radius 2 is 1.79 bits per heavy atom. The summed E-state index contributed by atoms with van der Waals surface area (Å²) in [5.74, 6) is 0.895. The molecule has 0 unspecified atom stereocenters. The number of hydrogen-bond acceptors (Lipinski definition) is 5. The van der Waals surface area contributed by atoms with Crippen LogP contribution in [0.1, 0.15) is 65.7 Å². The van der Waals surface area contributed by atoms with Crippen LogP contribution in [0.2, 0.25) is 0 Å². The number of carbonyl (C=O) groups is 1. The number of aryl methyl sites for hydroxylation is 1. The number of rotatable bonds is 5. The van der Waals surface area contributed by atoms with E-state index in [0.29, 0.717) is 12.6 Å². The molecule has 2 heterocycles. The van der Waals surface area contributed by atoms with Gasteiger partial charge in [-0.2, -0.15) is 0 Å². The van der Waals surface area contributed by atoms with Crippen LogP contribution in [-0.4, -0.2) is 21.9 Å². The van der Waals surface area contributed by atoms with E-state index in [1.165, 1.54) is 37.0 Å². The lowest BCUT2D eigenvalue weighted by Crippen LogP contribution is -2.35. The Balaban J connectivity index is 1.35. The molecule has 1 amide bonds. The minimum absolute atomic E-state index is 0.0429. The number of hydrogen-bond donors (Lipinski definition) is 2. The fraction of sp³-hybridized carbons (Fsp3) is 0.435. The summed E-state index contributed by atoms with van der Waals surface area (Å²) in [6, 6.07) is 10.3. The molecule has 2 aromatic heterocycles. The Labute approximate surface area is 176 Å². The van der Waals surface area contributed by atoms with E-state index in [2.05, 4.69) is 33.6 Å². The van der Waals surface area contributed by atoms with Crippen LogP contribution in [0.25, 0.3) is 10.2 Å². The van der Waals surface area contributed by atoms with Gasteiger partial charge in [0.25, 0.3) is 5.91 Å². The van der Waals surface area contributed by atoms with Gasteiger partial charge in [0, 0.05) is 23.0 Å². The molecule has 1 saturated carbocycles. The lowest BCUT2D eigenvalue weighted by Gasteiger charge is -2.21. The number of amides is 1. The number of fused-ring (bicyclic) bond motifs is 1. The zero-order valence-corrected chi connectivity index (χ0v) is 17.7. The predicted octanol–water partition coefficient (Wildman–Crippen LogP) is 5.45. The second kappa shape index (κ2) is 9.35. The van der Waals surface area contributed by atoms with Gasteiger partial charge < -0.3 is 10.6 Å². The molecule has 0 atom stereocenters.